The van der Waals surface area contributed by atoms with Crippen LogP contribution in [0.2, 0.25) is 5.02 Å². The number of hydrogen-bond donors (Lipinski definition) is 1. The van der Waals surface area contributed by atoms with E-state index in [0.29, 0.717) is 18.0 Å². The van der Waals surface area contributed by atoms with Crippen LogP contribution in [0, 0.1) is 0 Å². The highest BCUT2D eigenvalue weighted by Crippen LogP contribution is 2.28. The minimum Gasteiger partial charge on any atom is -0.467 e. The van der Waals surface area contributed by atoms with Gasteiger partial charge in [0.2, 0.25) is 0 Å². The van der Waals surface area contributed by atoms with Crippen molar-refractivity contribution in [2.24, 2.45) is 0 Å². The lowest BCUT2D eigenvalue weighted by atomic mass is 9.87. The molecule has 20 heavy (non-hydrogen) atoms. The van der Waals surface area contributed by atoms with Crippen LogP contribution >= 0.6 is 11.6 Å². The maximum atomic E-state index is 12.3. The van der Waals surface area contributed by atoms with E-state index < -0.39 is 5.54 Å². The van der Waals surface area contributed by atoms with Crippen LogP contribution < -0.4 is 5.32 Å². The maximum Gasteiger partial charge on any atom is 0.330 e. The van der Waals surface area contributed by atoms with E-state index >= 15 is 0 Å². The minimum atomic E-state index is -0.852. The number of halogens is 1. The van der Waals surface area contributed by atoms with Crippen molar-refractivity contribution in [3.8, 4) is 0 Å². The van der Waals surface area contributed by atoms with E-state index in [4.69, 9.17) is 16.3 Å². The number of rotatable bonds is 7. The average Bonchev–Trinajstić information content (AvgIpc) is 2.42. The Balaban J connectivity index is 3.08. The number of hydrogen-bond acceptors (Lipinski definition) is 4. The molecule has 0 aliphatic heterocycles. The molecule has 4 nitrogen and oxygen atoms in total. The van der Waals surface area contributed by atoms with Gasteiger partial charge >= 0.3 is 5.97 Å². The van der Waals surface area contributed by atoms with E-state index in [9.17, 15) is 4.79 Å². The molecule has 0 aliphatic rings. The summed E-state index contributed by atoms with van der Waals surface area (Å²) in [6.45, 7) is 3.47. The number of methoxy groups -OCH3 is 1. The number of nitrogens with one attached hydrogen (secondary N) is 1. The Hall–Kier alpha value is -1.10. The van der Waals surface area contributed by atoms with Gasteiger partial charge in [0.15, 0.2) is 0 Å². The van der Waals surface area contributed by atoms with Gasteiger partial charge in [-0.1, -0.05) is 30.7 Å². The fraction of sp³-hybridized carbons (Fsp3) is 0.533. The van der Waals surface area contributed by atoms with E-state index in [0.717, 1.165) is 12.1 Å². The van der Waals surface area contributed by atoms with Crippen LogP contribution in [0.3, 0.4) is 0 Å². The summed E-state index contributed by atoms with van der Waals surface area (Å²) in [7, 11) is 5.39. The second-order valence-corrected chi connectivity index (χ2v) is 5.43. The number of carbonyl (C=O) groups is 1. The van der Waals surface area contributed by atoms with Gasteiger partial charge in [-0.3, -0.25) is 5.32 Å². The van der Waals surface area contributed by atoms with Gasteiger partial charge in [0.1, 0.15) is 5.54 Å². The zero-order valence-corrected chi connectivity index (χ0v) is 13.3. The van der Waals surface area contributed by atoms with Crippen LogP contribution in [0.15, 0.2) is 24.3 Å². The van der Waals surface area contributed by atoms with Gasteiger partial charge in [0.25, 0.3) is 0 Å². The fourth-order valence-corrected chi connectivity index (χ4v) is 2.38. The summed E-state index contributed by atoms with van der Waals surface area (Å²) in [5, 5.41) is 3.94. The Labute approximate surface area is 126 Å². The highest BCUT2D eigenvalue weighted by Gasteiger charge is 2.39. The lowest BCUT2D eigenvalue weighted by Crippen LogP contribution is -2.51. The number of benzene rings is 1. The number of ether oxygens (including phenoxy) is 1. The first-order valence-electron chi connectivity index (χ1n) is 6.70. The largest absolute Gasteiger partial charge is 0.467 e. The molecule has 1 aromatic rings. The molecule has 0 heterocycles. The first-order chi connectivity index (χ1) is 9.46. The molecule has 1 atom stereocenters. The van der Waals surface area contributed by atoms with Crippen LogP contribution in [-0.2, 0) is 15.1 Å². The van der Waals surface area contributed by atoms with Crippen molar-refractivity contribution in [3.63, 3.8) is 0 Å². The van der Waals surface area contributed by atoms with E-state index in [-0.39, 0.29) is 5.97 Å². The average molecular weight is 299 g/mol. The van der Waals surface area contributed by atoms with E-state index in [1.54, 1.807) is 6.07 Å². The molecule has 0 aromatic heterocycles. The summed E-state index contributed by atoms with van der Waals surface area (Å²) in [4.78, 5) is 14.4. The Bertz CT molecular complexity index is 451. The highest BCUT2D eigenvalue weighted by molar-refractivity contribution is 6.30. The van der Waals surface area contributed by atoms with Crippen LogP contribution in [0.4, 0.5) is 0 Å². The fourth-order valence-electron chi connectivity index (χ4n) is 2.19. The van der Waals surface area contributed by atoms with Gasteiger partial charge in [-0.05, 0) is 38.2 Å². The quantitative estimate of drug-likeness (QED) is 0.784. The Kier molecular flexibility index (Phi) is 6.46. The van der Waals surface area contributed by atoms with E-state index in [1.807, 2.05) is 39.2 Å². The molecule has 0 fully saturated rings. The highest BCUT2D eigenvalue weighted by atomic mass is 35.5. The van der Waals surface area contributed by atoms with Crippen LogP contribution in [0.1, 0.15) is 18.9 Å². The number of likely N-dealkylation sites (N-methyl/N-ethyl adjacent to an activating group) is 1. The Morgan fingerprint density at radius 2 is 2.15 bits per heavy atom. The van der Waals surface area contributed by atoms with E-state index in [1.165, 1.54) is 7.11 Å². The second-order valence-electron chi connectivity index (χ2n) is 4.99. The molecule has 1 unspecified atom stereocenters. The third-order valence-corrected chi connectivity index (χ3v) is 3.60. The predicted octanol–water partition coefficient (Wildman–Crippen LogP) is 2.27. The Morgan fingerprint density at radius 1 is 1.45 bits per heavy atom. The molecule has 1 aromatic carbocycles. The molecule has 1 rings (SSSR count). The molecule has 0 aliphatic carbocycles. The predicted molar refractivity (Wildman–Crippen MR) is 82.0 cm³/mol. The van der Waals surface area contributed by atoms with Gasteiger partial charge in [-0.15, -0.1) is 0 Å². The van der Waals surface area contributed by atoms with Crippen molar-refractivity contribution in [2.45, 2.75) is 18.9 Å². The van der Waals surface area contributed by atoms with Crippen LogP contribution in [0.25, 0.3) is 0 Å². The summed E-state index contributed by atoms with van der Waals surface area (Å²) in [5.74, 6) is -0.291. The number of carbonyl (C=O) groups excluding carboxylic acids is 1. The maximum absolute atomic E-state index is 12.3. The molecule has 0 bridgehead atoms. The van der Waals surface area contributed by atoms with Crippen molar-refractivity contribution in [1.82, 2.24) is 10.2 Å². The van der Waals surface area contributed by atoms with Crippen molar-refractivity contribution in [1.29, 1.82) is 0 Å². The molecule has 0 spiro atoms. The van der Waals surface area contributed by atoms with Gasteiger partial charge in [0.05, 0.1) is 7.11 Å². The zero-order chi connectivity index (χ0) is 15.2. The van der Waals surface area contributed by atoms with Gasteiger partial charge in [-0.2, -0.15) is 0 Å². The third-order valence-electron chi connectivity index (χ3n) is 3.37. The molecule has 0 radical (unpaired) electrons. The molecule has 0 saturated carbocycles. The molecule has 1 N–H and O–H groups in total. The summed E-state index contributed by atoms with van der Waals surface area (Å²) in [6.07, 6.45) is 0.591. The van der Waals surface area contributed by atoms with Crippen molar-refractivity contribution >= 4 is 17.6 Å². The van der Waals surface area contributed by atoms with E-state index in [2.05, 4.69) is 10.2 Å². The lowest BCUT2D eigenvalue weighted by molar-refractivity contribution is -0.149. The normalized spacial score (nSPS) is 14.1. The van der Waals surface area contributed by atoms with Crippen molar-refractivity contribution in [2.75, 3.05) is 34.3 Å². The summed E-state index contributed by atoms with van der Waals surface area (Å²) in [5.41, 5.74) is -0.0199. The SMILES string of the molecule is CCC(NCCN(C)C)(C(=O)OC)c1cccc(Cl)c1. The smallest absolute Gasteiger partial charge is 0.330 e. The van der Waals surface area contributed by atoms with Crippen molar-refractivity contribution < 1.29 is 9.53 Å². The first-order valence-corrected chi connectivity index (χ1v) is 7.08. The zero-order valence-electron chi connectivity index (χ0n) is 12.6. The van der Waals surface area contributed by atoms with Crippen LogP contribution in [0.5, 0.6) is 0 Å². The topological polar surface area (TPSA) is 41.6 Å². The lowest BCUT2D eigenvalue weighted by Gasteiger charge is -2.32. The van der Waals surface area contributed by atoms with Crippen molar-refractivity contribution in [3.05, 3.63) is 34.9 Å². The van der Waals surface area contributed by atoms with Gasteiger partial charge in [-0.25, -0.2) is 4.79 Å². The first kappa shape index (κ1) is 17.0. The summed E-state index contributed by atoms with van der Waals surface area (Å²) < 4.78 is 5.00. The standard InChI is InChI=1S/C15H23ClN2O2/c1-5-15(14(19)20-4,17-9-10-18(2)3)12-7-6-8-13(16)11-12/h6-8,11,17H,5,9-10H2,1-4H3. The van der Waals surface area contributed by atoms with Crippen LogP contribution in [-0.4, -0.2) is 45.2 Å². The second kappa shape index (κ2) is 7.62. The molecule has 5 heteroatoms. The number of esters is 1. The Morgan fingerprint density at radius 3 is 2.65 bits per heavy atom. The molecular weight excluding hydrogens is 276 g/mol. The monoisotopic (exact) mass is 298 g/mol. The molecular formula is C15H23ClN2O2. The van der Waals surface area contributed by atoms with Gasteiger partial charge in [0, 0.05) is 18.1 Å². The molecule has 0 amide bonds. The summed E-state index contributed by atoms with van der Waals surface area (Å²) in [6, 6.07) is 7.35. The van der Waals surface area contributed by atoms with Gasteiger partial charge < -0.3 is 9.64 Å². The minimum absolute atomic E-state index is 0.291. The molecule has 112 valence electrons. The third kappa shape index (κ3) is 3.95. The number of nitrogens with zero attached hydrogens (tertiary/aromatic N) is 1. The summed E-state index contributed by atoms with van der Waals surface area (Å²) >= 11 is 6.05. The molecule has 0 saturated heterocycles.